The summed E-state index contributed by atoms with van der Waals surface area (Å²) in [7, 11) is 3.66. The van der Waals surface area contributed by atoms with E-state index in [1.165, 1.54) is 0 Å². The Kier molecular flexibility index (Phi) is 5.98. The molecule has 5 heteroatoms. The lowest BCUT2D eigenvalue weighted by molar-refractivity contribution is 0.0743. The molecule has 1 aromatic heterocycles. The first kappa shape index (κ1) is 14.8. The summed E-state index contributed by atoms with van der Waals surface area (Å²) in [6, 6.07) is 3.81. The van der Waals surface area contributed by atoms with Gasteiger partial charge in [-0.1, -0.05) is 6.92 Å². The van der Waals surface area contributed by atoms with Gasteiger partial charge in [-0.15, -0.1) is 0 Å². The maximum atomic E-state index is 12.3. The topological polar surface area (TPSA) is 45.2 Å². The summed E-state index contributed by atoms with van der Waals surface area (Å²) in [5.41, 5.74) is 0.677. The predicted molar refractivity (Wildman–Crippen MR) is 78.3 cm³/mol. The highest BCUT2D eigenvalue weighted by Crippen LogP contribution is 2.14. The summed E-state index contributed by atoms with van der Waals surface area (Å²) in [5, 5.41) is 2.94. The Labute approximate surface area is 113 Å². The van der Waals surface area contributed by atoms with Crippen LogP contribution in [0.3, 0.4) is 0 Å². The van der Waals surface area contributed by atoms with Gasteiger partial charge in [0.25, 0.3) is 5.91 Å². The summed E-state index contributed by atoms with van der Waals surface area (Å²) in [6.45, 7) is 2.11. The average molecular weight is 267 g/mol. The number of nitrogens with one attached hydrogen (secondary N) is 1. The zero-order valence-corrected chi connectivity index (χ0v) is 12.3. The van der Waals surface area contributed by atoms with E-state index in [1.807, 2.05) is 11.9 Å². The molecule has 0 aromatic carbocycles. The Balaban J connectivity index is 2.84. The van der Waals surface area contributed by atoms with Gasteiger partial charge in [0.1, 0.15) is 5.82 Å². The molecule has 18 heavy (non-hydrogen) atoms. The van der Waals surface area contributed by atoms with Crippen LogP contribution < -0.4 is 5.32 Å². The molecular formula is C13H21N3OS. The lowest BCUT2D eigenvalue weighted by Gasteiger charge is -2.26. The van der Waals surface area contributed by atoms with E-state index in [0.717, 1.165) is 12.2 Å². The van der Waals surface area contributed by atoms with Crippen LogP contribution in [0.5, 0.6) is 0 Å². The molecule has 0 spiro atoms. The van der Waals surface area contributed by atoms with E-state index in [4.69, 9.17) is 0 Å². The standard InChI is InChI=1S/C13H21N3OS/c1-5-11(9-18-4)16(3)13(17)10-6-7-15-12(8-10)14-2/h6-8,11H,5,9H2,1-4H3,(H,14,15). The van der Waals surface area contributed by atoms with E-state index in [2.05, 4.69) is 23.5 Å². The molecular weight excluding hydrogens is 246 g/mol. The third kappa shape index (κ3) is 3.63. The van der Waals surface area contributed by atoms with E-state index in [1.54, 1.807) is 37.1 Å². The molecule has 4 nitrogen and oxygen atoms in total. The predicted octanol–water partition coefficient (Wildman–Crippen LogP) is 2.34. The van der Waals surface area contributed by atoms with Crippen LogP contribution in [0.1, 0.15) is 23.7 Å². The number of carbonyl (C=O) groups is 1. The van der Waals surface area contributed by atoms with Crippen LogP contribution in [0.15, 0.2) is 18.3 Å². The number of carbonyl (C=O) groups excluding carboxylic acids is 1. The van der Waals surface area contributed by atoms with Gasteiger partial charge in [0.2, 0.25) is 0 Å². The van der Waals surface area contributed by atoms with Gasteiger partial charge in [-0.3, -0.25) is 4.79 Å². The van der Waals surface area contributed by atoms with Crippen LogP contribution in [-0.4, -0.2) is 47.9 Å². The van der Waals surface area contributed by atoms with Crippen LogP contribution >= 0.6 is 11.8 Å². The Morgan fingerprint density at radius 2 is 2.33 bits per heavy atom. The Hall–Kier alpha value is -1.23. The number of hydrogen-bond acceptors (Lipinski definition) is 4. The molecule has 1 amide bonds. The van der Waals surface area contributed by atoms with Gasteiger partial charge in [-0.2, -0.15) is 11.8 Å². The summed E-state index contributed by atoms with van der Waals surface area (Å²) in [4.78, 5) is 18.3. The van der Waals surface area contributed by atoms with Crippen LogP contribution in [-0.2, 0) is 0 Å². The van der Waals surface area contributed by atoms with Crippen LogP contribution in [0.2, 0.25) is 0 Å². The fraction of sp³-hybridized carbons (Fsp3) is 0.538. The van der Waals surface area contributed by atoms with Crippen molar-refractivity contribution in [2.45, 2.75) is 19.4 Å². The third-order valence-corrected chi connectivity index (χ3v) is 3.68. The van der Waals surface area contributed by atoms with Gasteiger partial charge < -0.3 is 10.2 Å². The van der Waals surface area contributed by atoms with Crippen molar-refractivity contribution in [2.75, 3.05) is 31.4 Å². The zero-order valence-electron chi connectivity index (χ0n) is 11.4. The van der Waals surface area contributed by atoms with E-state index in [-0.39, 0.29) is 11.9 Å². The number of amides is 1. The van der Waals surface area contributed by atoms with Crippen LogP contribution in [0.25, 0.3) is 0 Å². The average Bonchev–Trinajstić information content (AvgIpc) is 2.43. The summed E-state index contributed by atoms with van der Waals surface area (Å²) in [5.74, 6) is 1.73. The van der Waals surface area contributed by atoms with Gasteiger partial charge in [0, 0.05) is 37.7 Å². The summed E-state index contributed by atoms with van der Waals surface area (Å²) in [6.07, 6.45) is 4.68. The minimum absolute atomic E-state index is 0.0507. The molecule has 100 valence electrons. The van der Waals surface area contributed by atoms with Crippen molar-refractivity contribution < 1.29 is 4.79 Å². The monoisotopic (exact) mass is 267 g/mol. The molecule has 1 rings (SSSR count). The number of rotatable bonds is 6. The Morgan fingerprint density at radius 3 is 2.89 bits per heavy atom. The molecule has 1 N–H and O–H groups in total. The molecule has 0 radical (unpaired) electrons. The second-order valence-electron chi connectivity index (χ2n) is 4.11. The molecule has 0 aliphatic carbocycles. The molecule has 0 aliphatic rings. The first-order chi connectivity index (χ1) is 8.63. The van der Waals surface area contributed by atoms with Crippen molar-refractivity contribution in [3.05, 3.63) is 23.9 Å². The van der Waals surface area contributed by atoms with E-state index in [9.17, 15) is 4.79 Å². The third-order valence-electron chi connectivity index (χ3n) is 2.96. The van der Waals surface area contributed by atoms with E-state index < -0.39 is 0 Å². The van der Waals surface area contributed by atoms with Crippen molar-refractivity contribution in [3.63, 3.8) is 0 Å². The van der Waals surface area contributed by atoms with E-state index in [0.29, 0.717) is 11.4 Å². The van der Waals surface area contributed by atoms with E-state index >= 15 is 0 Å². The Bertz CT molecular complexity index is 398. The minimum atomic E-state index is 0.0507. The number of hydrogen-bond donors (Lipinski definition) is 1. The van der Waals surface area contributed by atoms with Gasteiger partial charge >= 0.3 is 0 Å². The highest BCUT2D eigenvalue weighted by Gasteiger charge is 2.19. The van der Waals surface area contributed by atoms with Crippen molar-refractivity contribution in [1.82, 2.24) is 9.88 Å². The molecule has 0 fully saturated rings. The summed E-state index contributed by atoms with van der Waals surface area (Å²) < 4.78 is 0. The Morgan fingerprint density at radius 1 is 1.61 bits per heavy atom. The number of aromatic nitrogens is 1. The molecule has 1 aromatic rings. The zero-order chi connectivity index (χ0) is 13.5. The first-order valence-corrected chi connectivity index (χ1v) is 7.43. The highest BCUT2D eigenvalue weighted by atomic mass is 32.2. The largest absolute Gasteiger partial charge is 0.373 e. The fourth-order valence-corrected chi connectivity index (χ4v) is 2.61. The molecule has 1 atom stereocenters. The molecule has 0 saturated carbocycles. The molecule has 0 saturated heterocycles. The van der Waals surface area contributed by atoms with Crippen molar-refractivity contribution in [3.8, 4) is 0 Å². The lowest BCUT2D eigenvalue weighted by Crippen LogP contribution is -2.38. The normalized spacial score (nSPS) is 12.0. The molecule has 1 unspecified atom stereocenters. The van der Waals surface area contributed by atoms with Crippen molar-refractivity contribution >= 4 is 23.5 Å². The van der Waals surface area contributed by atoms with Crippen molar-refractivity contribution in [2.24, 2.45) is 0 Å². The van der Waals surface area contributed by atoms with Crippen LogP contribution in [0, 0.1) is 0 Å². The number of nitrogens with zero attached hydrogens (tertiary/aromatic N) is 2. The van der Waals surface area contributed by atoms with Gasteiger partial charge in [-0.25, -0.2) is 4.98 Å². The second-order valence-corrected chi connectivity index (χ2v) is 5.02. The summed E-state index contributed by atoms with van der Waals surface area (Å²) >= 11 is 1.76. The molecule has 0 bridgehead atoms. The lowest BCUT2D eigenvalue weighted by atomic mass is 10.1. The first-order valence-electron chi connectivity index (χ1n) is 6.03. The van der Waals surface area contributed by atoms with Crippen molar-refractivity contribution in [1.29, 1.82) is 0 Å². The number of thioether (sulfide) groups is 1. The van der Waals surface area contributed by atoms with Gasteiger partial charge in [0.15, 0.2) is 0 Å². The quantitative estimate of drug-likeness (QED) is 0.859. The highest BCUT2D eigenvalue weighted by molar-refractivity contribution is 7.98. The SMILES string of the molecule is CCC(CSC)N(C)C(=O)c1ccnc(NC)c1. The minimum Gasteiger partial charge on any atom is -0.373 e. The number of pyridine rings is 1. The maximum Gasteiger partial charge on any atom is 0.254 e. The maximum absolute atomic E-state index is 12.3. The van der Waals surface area contributed by atoms with Gasteiger partial charge in [-0.05, 0) is 24.8 Å². The second kappa shape index (κ2) is 7.26. The number of anilines is 1. The molecule has 1 heterocycles. The van der Waals surface area contributed by atoms with Gasteiger partial charge in [0.05, 0.1) is 0 Å². The fourth-order valence-electron chi connectivity index (χ4n) is 1.77. The smallest absolute Gasteiger partial charge is 0.254 e. The molecule has 0 aliphatic heterocycles. The van der Waals surface area contributed by atoms with Crippen LogP contribution in [0.4, 0.5) is 5.82 Å².